The van der Waals surface area contributed by atoms with Gasteiger partial charge < -0.3 is 19.3 Å². The number of methoxy groups -OCH3 is 1. The van der Waals surface area contributed by atoms with Crippen LogP contribution in [-0.4, -0.2) is 18.2 Å². The average Bonchev–Trinajstić information content (AvgIpc) is 3.02. The molecule has 1 aromatic heterocycles. The van der Waals surface area contributed by atoms with E-state index in [-0.39, 0.29) is 5.91 Å². The molecule has 2 aromatic carbocycles. The Kier molecular flexibility index (Phi) is 6.29. The summed E-state index contributed by atoms with van der Waals surface area (Å²) < 4.78 is 29.5. The molecular weight excluding hydrogens is 375 g/mol. The number of hydrogen-bond acceptors (Lipinski definition) is 5. The molecule has 0 saturated heterocycles. The van der Waals surface area contributed by atoms with Crippen molar-refractivity contribution in [1.29, 1.82) is 0 Å². The summed E-state index contributed by atoms with van der Waals surface area (Å²) in [5.41, 5.74) is 2.82. The van der Waals surface area contributed by atoms with Crippen LogP contribution in [0.1, 0.15) is 22.6 Å². The Morgan fingerprint density at radius 2 is 2.03 bits per heavy atom. The molecule has 150 valence electrons. The van der Waals surface area contributed by atoms with Crippen LogP contribution in [-0.2, 0) is 11.4 Å². The first-order chi connectivity index (χ1) is 14.0. The Bertz CT molecular complexity index is 1020. The maximum atomic E-state index is 13.2. The number of anilines is 1. The Hall–Kier alpha value is -3.61. The second-order valence-corrected chi connectivity index (χ2v) is 6.33. The van der Waals surface area contributed by atoms with Gasteiger partial charge in [-0.25, -0.2) is 4.39 Å². The normalized spacial score (nSPS) is 10.9. The second kappa shape index (κ2) is 9.05. The van der Waals surface area contributed by atoms with Gasteiger partial charge >= 0.3 is 0 Å². The standard InChI is InChI=1S/C22H21FN2O4/c1-14-19(15(2)29-25-14)13-28-20-9-7-16(11-21(20)27-3)8-10-22(26)24-18-6-4-5-17(23)12-18/h4-12H,13H2,1-3H3,(H,24,26). The van der Waals surface area contributed by atoms with Crippen LogP contribution >= 0.6 is 0 Å². The molecule has 1 amide bonds. The van der Waals surface area contributed by atoms with Gasteiger partial charge in [-0.3, -0.25) is 4.79 Å². The summed E-state index contributed by atoms with van der Waals surface area (Å²) in [6.07, 6.45) is 3.00. The zero-order valence-electron chi connectivity index (χ0n) is 16.4. The highest BCUT2D eigenvalue weighted by atomic mass is 19.1. The number of nitrogens with one attached hydrogen (secondary N) is 1. The number of aryl methyl sites for hydroxylation is 2. The van der Waals surface area contributed by atoms with Crippen LogP contribution in [0.3, 0.4) is 0 Å². The molecule has 0 aliphatic carbocycles. The largest absolute Gasteiger partial charge is 0.493 e. The summed E-state index contributed by atoms with van der Waals surface area (Å²) in [7, 11) is 1.54. The summed E-state index contributed by atoms with van der Waals surface area (Å²) in [5.74, 6) is 1.03. The van der Waals surface area contributed by atoms with Crippen molar-refractivity contribution < 1.29 is 23.2 Å². The number of nitrogens with zero attached hydrogens (tertiary/aromatic N) is 1. The van der Waals surface area contributed by atoms with Crippen LogP contribution in [0, 0.1) is 19.7 Å². The van der Waals surface area contributed by atoms with Crippen LogP contribution in [0.5, 0.6) is 11.5 Å². The maximum absolute atomic E-state index is 13.2. The third-order valence-electron chi connectivity index (χ3n) is 4.26. The van der Waals surface area contributed by atoms with Gasteiger partial charge in [-0.1, -0.05) is 17.3 Å². The number of carbonyl (C=O) groups is 1. The smallest absolute Gasteiger partial charge is 0.248 e. The van der Waals surface area contributed by atoms with Gasteiger partial charge in [0.1, 0.15) is 18.2 Å². The fourth-order valence-corrected chi connectivity index (χ4v) is 2.69. The molecular formula is C22H21FN2O4. The maximum Gasteiger partial charge on any atom is 0.248 e. The van der Waals surface area contributed by atoms with Crippen molar-refractivity contribution in [2.24, 2.45) is 0 Å². The third-order valence-corrected chi connectivity index (χ3v) is 4.26. The van der Waals surface area contributed by atoms with E-state index in [9.17, 15) is 9.18 Å². The molecule has 7 heteroatoms. The molecule has 1 N–H and O–H groups in total. The highest BCUT2D eigenvalue weighted by Gasteiger charge is 2.12. The minimum Gasteiger partial charge on any atom is -0.493 e. The quantitative estimate of drug-likeness (QED) is 0.588. The lowest BCUT2D eigenvalue weighted by Gasteiger charge is -2.11. The number of hydrogen-bond donors (Lipinski definition) is 1. The number of halogens is 1. The number of benzene rings is 2. The van der Waals surface area contributed by atoms with E-state index in [4.69, 9.17) is 14.0 Å². The van der Waals surface area contributed by atoms with Crippen LogP contribution in [0.2, 0.25) is 0 Å². The van der Waals surface area contributed by atoms with E-state index in [1.54, 1.807) is 37.5 Å². The first-order valence-electron chi connectivity index (χ1n) is 8.93. The van der Waals surface area contributed by atoms with E-state index in [0.717, 1.165) is 16.8 Å². The Balaban J connectivity index is 1.66. The van der Waals surface area contributed by atoms with E-state index in [2.05, 4.69) is 10.5 Å². The zero-order valence-corrected chi connectivity index (χ0v) is 16.4. The van der Waals surface area contributed by atoms with Crippen molar-refractivity contribution in [2.75, 3.05) is 12.4 Å². The van der Waals surface area contributed by atoms with Crippen LogP contribution in [0.25, 0.3) is 6.08 Å². The first kappa shape index (κ1) is 20.1. The minimum absolute atomic E-state index is 0.308. The number of aromatic nitrogens is 1. The van der Waals surface area contributed by atoms with E-state index >= 15 is 0 Å². The molecule has 0 aliphatic rings. The highest BCUT2D eigenvalue weighted by molar-refractivity contribution is 6.01. The molecule has 0 saturated carbocycles. The van der Waals surface area contributed by atoms with Crippen LogP contribution in [0.4, 0.5) is 10.1 Å². The van der Waals surface area contributed by atoms with Gasteiger partial charge in [0.15, 0.2) is 11.5 Å². The van der Waals surface area contributed by atoms with Crippen molar-refractivity contribution in [1.82, 2.24) is 5.16 Å². The van der Waals surface area contributed by atoms with Crippen molar-refractivity contribution in [3.8, 4) is 11.5 Å². The van der Waals surface area contributed by atoms with Crippen molar-refractivity contribution in [3.05, 3.63) is 76.9 Å². The van der Waals surface area contributed by atoms with E-state index in [0.29, 0.717) is 29.6 Å². The molecule has 0 spiro atoms. The number of rotatable bonds is 7. The van der Waals surface area contributed by atoms with E-state index < -0.39 is 5.82 Å². The van der Waals surface area contributed by atoms with Gasteiger partial charge in [0.05, 0.1) is 18.4 Å². The lowest BCUT2D eigenvalue weighted by Crippen LogP contribution is -2.07. The number of carbonyl (C=O) groups excluding carboxylic acids is 1. The molecule has 3 aromatic rings. The van der Waals surface area contributed by atoms with E-state index in [1.807, 2.05) is 13.8 Å². The molecule has 6 nitrogen and oxygen atoms in total. The third kappa shape index (κ3) is 5.22. The van der Waals surface area contributed by atoms with E-state index in [1.165, 1.54) is 24.3 Å². The van der Waals surface area contributed by atoms with Gasteiger partial charge in [-0.15, -0.1) is 0 Å². The summed E-state index contributed by atoms with van der Waals surface area (Å²) in [4.78, 5) is 12.0. The van der Waals surface area contributed by atoms with Crippen molar-refractivity contribution in [2.45, 2.75) is 20.5 Å². The molecule has 0 atom stereocenters. The average molecular weight is 396 g/mol. The molecule has 1 heterocycles. The number of ether oxygens (including phenoxy) is 2. The minimum atomic E-state index is -0.413. The van der Waals surface area contributed by atoms with Crippen LogP contribution in [0.15, 0.2) is 53.1 Å². The second-order valence-electron chi connectivity index (χ2n) is 6.33. The molecule has 0 unspecified atom stereocenters. The fraction of sp³-hybridized carbons (Fsp3) is 0.182. The molecule has 0 radical (unpaired) electrons. The van der Waals surface area contributed by atoms with Gasteiger partial charge in [0, 0.05) is 11.8 Å². The Morgan fingerprint density at radius 3 is 2.72 bits per heavy atom. The SMILES string of the molecule is COc1cc(C=CC(=O)Nc2cccc(F)c2)ccc1OCc1c(C)noc1C. The van der Waals surface area contributed by atoms with Gasteiger partial charge in [-0.2, -0.15) is 0 Å². The van der Waals surface area contributed by atoms with Crippen LogP contribution < -0.4 is 14.8 Å². The molecule has 0 bridgehead atoms. The summed E-state index contributed by atoms with van der Waals surface area (Å²) >= 11 is 0. The lowest BCUT2D eigenvalue weighted by atomic mass is 10.1. The molecule has 0 aliphatic heterocycles. The van der Waals surface area contributed by atoms with Crippen molar-refractivity contribution >= 4 is 17.7 Å². The summed E-state index contributed by atoms with van der Waals surface area (Å²) in [6.45, 7) is 4.00. The summed E-state index contributed by atoms with van der Waals surface area (Å²) in [5, 5.41) is 6.51. The summed E-state index contributed by atoms with van der Waals surface area (Å²) in [6, 6.07) is 11.0. The molecule has 3 rings (SSSR count). The van der Waals surface area contributed by atoms with Crippen molar-refractivity contribution in [3.63, 3.8) is 0 Å². The topological polar surface area (TPSA) is 73.6 Å². The van der Waals surface area contributed by atoms with Gasteiger partial charge in [0.25, 0.3) is 0 Å². The monoisotopic (exact) mass is 396 g/mol. The Morgan fingerprint density at radius 1 is 1.21 bits per heavy atom. The number of amides is 1. The fourth-order valence-electron chi connectivity index (χ4n) is 2.69. The molecule has 0 fully saturated rings. The lowest BCUT2D eigenvalue weighted by molar-refractivity contribution is -0.111. The highest BCUT2D eigenvalue weighted by Crippen LogP contribution is 2.30. The zero-order chi connectivity index (χ0) is 20.8. The predicted molar refractivity (Wildman–Crippen MR) is 107 cm³/mol. The van der Waals surface area contributed by atoms with Gasteiger partial charge in [0.2, 0.25) is 5.91 Å². The predicted octanol–water partition coefficient (Wildman–Crippen LogP) is 4.67. The van der Waals surface area contributed by atoms with Gasteiger partial charge in [-0.05, 0) is 55.8 Å². The Labute approximate surface area is 167 Å². The first-order valence-corrected chi connectivity index (χ1v) is 8.93. The molecule has 29 heavy (non-hydrogen) atoms.